The molecule has 0 fully saturated rings. The van der Waals surface area contributed by atoms with Crippen LogP contribution in [-0.4, -0.2) is 35.7 Å². The van der Waals surface area contributed by atoms with E-state index < -0.39 is 0 Å². The van der Waals surface area contributed by atoms with Crippen LogP contribution in [0.5, 0.6) is 0 Å². The minimum Gasteiger partial charge on any atom is -0.383 e. The van der Waals surface area contributed by atoms with Gasteiger partial charge in [-0.1, -0.05) is 0 Å². The molecule has 1 amide bonds. The molecule has 0 saturated heterocycles. The van der Waals surface area contributed by atoms with E-state index in [2.05, 4.69) is 10.3 Å². The standard InChI is InChI=1S/C12H14ClN3O2/c1-16-10-7-8(11(17)14-5-6-18-2)3-4-9(10)15-12(16)13/h3-4,7H,5-6H2,1-2H3,(H,14,17). The van der Waals surface area contributed by atoms with E-state index in [4.69, 9.17) is 16.3 Å². The highest BCUT2D eigenvalue weighted by molar-refractivity contribution is 6.29. The van der Waals surface area contributed by atoms with Crippen LogP contribution in [0.4, 0.5) is 0 Å². The summed E-state index contributed by atoms with van der Waals surface area (Å²) in [7, 11) is 3.40. The second-order valence-corrected chi connectivity index (χ2v) is 4.23. The van der Waals surface area contributed by atoms with Gasteiger partial charge in [-0.2, -0.15) is 0 Å². The molecule has 2 aromatic rings. The number of benzene rings is 1. The number of nitrogens with zero attached hydrogens (tertiary/aromatic N) is 2. The molecule has 1 N–H and O–H groups in total. The Morgan fingerprint density at radius 3 is 3.06 bits per heavy atom. The molecular formula is C12H14ClN3O2. The summed E-state index contributed by atoms with van der Waals surface area (Å²) in [6.45, 7) is 0.977. The number of hydrogen-bond acceptors (Lipinski definition) is 3. The van der Waals surface area contributed by atoms with Crippen molar-refractivity contribution in [1.82, 2.24) is 14.9 Å². The zero-order valence-electron chi connectivity index (χ0n) is 10.2. The second kappa shape index (κ2) is 5.37. The second-order valence-electron chi connectivity index (χ2n) is 3.89. The predicted molar refractivity (Wildman–Crippen MR) is 69.9 cm³/mol. The largest absolute Gasteiger partial charge is 0.383 e. The van der Waals surface area contributed by atoms with Crippen molar-refractivity contribution in [3.63, 3.8) is 0 Å². The lowest BCUT2D eigenvalue weighted by Crippen LogP contribution is -2.26. The lowest BCUT2D eigenvalue weighted by molar-refractivity contribution is 0.0937. The fourth-order valence-corrected chi connectivity index (χ4v) is 1.85. The molecule has 0 aliphatic rings. The molecule has 0 aliphatic carbocycles. The van der Waals surface area contributed by atoms with Gasteiger partial charge >= 0.3 is 0 Å². The quantitative estimate of drug-likeness (QED) is 0.856. The first-order chi connectivity index (χ1) is 8.63. The molecule has 0 bridgehead atoms. The summed E-state index contributed by atoms with van der Waals surface area (Å²) in [5, 5.41) is 3.17. The Morgan fingerprint density at radius 2 is 2.33 bits per heavy atom. The minimum atomic E-state index is -0.133. The fourth-order valence-electron chi connectivity index (χ4n) is 1.67. The number of nitrogens with one attached hydrogen (secondary N) is 1. The summed E-state index contributed by atoms with van der Waals surface area (Å²) in [6.07, 6.45) is 0. The maximum Gasteiger partial charge on any atom is 0.251 e. The van der Waals surface area contributed by atoms with Crippen LogP contribution in [0, 0.1) is 0 Å². The number of rotatable bonds is 4. The third-order valence-electron chi connectivity index (χ3n) is 2.68. The molecular weight excluding hydrogens is 254 g/mol. The van der Waals surface area contributed by atoms with Crippen molar-refractivity contribution in [1.29, 1.82) is 0 Å². The molecule has 1 heterocycles. The van der Waals surface area contributed by atoms with Gasteiger partial charge in [0.15, 0.2) is 0 Å². The first-order valence-corrected chi connectivity index (χ1v) is 5.90. The zero-order valence-corrected chi connectivity index (χ0v) is 11.0. The maximum atomic E-state index is 11.9. The molecule has 0 saturated carbocycles. The fraction of sp³-hybridized carbons (Fsp3) is 0.333. The van der Waals surface area contributed by atoms with E-state index in [1.165, 1.54) is 0 Å². The van der Waals surface area contributed by atoms with E-state index in [9.17, 15) is 4.79 Å². The summed E-state index contributed by atoms with van der Waals surface area (Å²) in [6, 6.07) is 5.29. The van der Waals surface area contributed by atoms with Gasteiger partial charge in [0, 0.05) is 26.3 Å². The van der Waals surface area contributed by atoms with Gasteiger partial charge < -0.3 is 14.6 Å². The van der Waals surface area contributed by atoms with Crippen molar-refractivity contribution >= 4 is 28.5 Å². The van der Waals surface area contributed by atoms with E-state index in [0.717, 1.165) is 11.0 Å². The summed E-state index contributed by atoms with van der Waals surface area (Å²) in [5.41, 5.74) is 2.19. The van der Waals surface area contributed by atoms with Gasteiger partial charge in [-0.25, -0.2) is 4.98 Å². The Morgan fingerprint density at radius 1 is 1.56 bits per heavy atom. The molecule has 18 heavy (non-hydrogen) atoms. The van der Waals surface area contributed by atoms with E-state index in [0.29, 0.717) is 24.0 Å². The van der Waals surface area contributed by atoms with Crippen molar-refractivity contribution in [2.24, 2.45) is 7.05 Å². The van der Waals surface area contributed by atoms with E-state index in [1.807, 2.05) is 7.05 Å². The molecule has 6 heteroatoms. The molecule has 0 spiro atoms. The van der Waals surface area contributed by atoms with Crippen molar-refractivity contribution in [2.45, 2.75) is 0 Å². The number of aromatic nitrogens is 2. The summed E-state index contributed by atoms with van der Waals surface area (Å²) < 4.78 is 6.61. The monoisotopic (exact) mass is 267 g/mol. The molecule has 0 aliphatic heterocycles. The molecule has 5 nitrogen and oxygen atoms in total. The van der Waals surface area contributed by atoms with Crippen LogP contribution in [0.3, 0.4) is 0 Å². The summed E-state index contributed by atoms with van der Waals surface area (Å²) in [5.74, 6) is -0.133. The average molecular weight is 268 g/mol. The zero-order chi connectivity index (χ0) is 13.1. The number of carbonyl (C=O) groups excluding carboxylic acids is 1. The van der Waals surface area contributed by atoms with Crippen LogP contribution in [-0.2, 0) is 11.8 Å². The van der Waals surface area contributed by atoms with Crippen LogP contribution >= 0.6 is 11.6 Å². The molecule has 0 unspecified atom stereocenters. The molecule has 0 atom stereocenters. The number of amides is 1. The third kappa shape index (κ3) is 2.47. The lowest BCUT2D eigenvalue weighted by Gasteiger charge is -2.04. The lowest BCUT2D eigenvalue weighted by atomic mass is 10.2. The number of carbonyl (C=O) groups is 1. The first kappa shape index (κ1) is 12.9. The Labute approximate surface area is 110 Å². The van der Waals surface area contributed by atoms with Crippen molar-refractivity contribution in [3.05, 3.63) is 29.0 Å². The van der Waals surface area contributed by atoms with E-state index in [1.54, 1.807) is 29.9 Å². The molecule has 1 aromatic heterocycles. The molecule has 0 radical (unpaired) electrons. The molecule has 2 rings (SSSR count). The highest BCUT2D eigenvalue weighted by Gasteiger charge is 2.10. The van der Waals surface area contributed by atoms with Crippen molar-refractivity contribution in [2.75, 3.05) is 20.3 Å². The van der Waals surface area contributed by atoms with Gasteiger partial charge in [-0.05, 0) is 29.8 Å². The number of ether oxygens (including phenoxy) is 1. The molecule has 96 valence electrons. The molecule has 1 aromatic carbocycles. The Balaban J connectivity index is 2.24. The SMILES string of the molecule is COCCNC(=O)c1ccc2nc(Cl)n(C)c2c1. The normalized spacial score (nSPS) is 10.8. The number of imidazole rings is 1. The van der Waals surface area contributed by atoms with Crippen molar-refractivity contribution < 1.29 is 9.53 Å². The van der Waals surface area contributed by atoms with Gasteiger partial charge in [-0.3, -0.25) is 4.79 Å². The Kier molecular flexibility index (Phi) is 3.84. The van der Waals surface area contributed by atoms with Crippen LogP contribution in [0.25, 0.3) is 11.0 Å². The topological polar surface area (TPSA) is 56.1 Å². The van der Waals surface area contributed by atoms with Gasteiger partial charge in [0.25, 0.3) is 5.91 Å². The first-order valence-electron chi connectivity index (χ1n) is 5.52. The highest BCUT2D eigenvalue weighted by Crippen LogP contribution is 2.19. The third-order valence-corrected chi connectivity index (χ3v) is 3.02. The maximum absolute atomic E-state index is 11.9. The number of fused-ring (bicyclic) bond motifs is 1. The number of methoxy groups -OCH3 is 1. The smallest absolute Gasteiger partial charge is 0.251 e. The van der Waals surface area contributed by atoms with Gasteiger partial charge in [-0.15, -0.1) is 0 Å². The number of halogens is 1. The Hall–Kier alpha value is -1.59. The number of hydrogen-bond donors (Lipinski definition) is 1. The number of aryl methyl sites for hydroxylation is 1. The predicted octanol–water partition coefficient (Wildman–Crippen LogP) is 1.60. The minimum absolute atomic E-state index is 0.133. The van der Waals surface area contributed by atoms with Crippen LogP contribution in [0.1, 0.15) is 10.4 Å². The van der Waals surface area contributed by atoms with Crippen molar-refractivity contribution in [3.8, 4) is 0 Å². The summed E-state index contributed by atoms with van der Waals surface area (Å²) in [4.78, 5) is 16.0. The van der Waals surface area contributed by atoms with Crippen LogP contribution < -0.4 is 5.32 Å². The van der Waals surface area contributed by atoms with Crippen LogP contribution in [0.2, 0.25) is 5.28 Å². The van der Waals surface area contributed by atoms with E-state index >= 15 is 0 Å². The van der Waals surface area contributed by atoms with Gasteiger partial charge in [0.2, 0.25) is 5.28 Å². The van der Waals surface area contributed by atoms with Gasteiger partial charge in [0.1, 0.15) is 0 Å². The highest BCUT2D eigenvalue weighted by atomic mass is 35.5. The summed E-state index contributed by atoms with van der Waals surface area (Å²) >= 11 is 5.92. The average Bonchev–Trinajstić information content (AvgIpc) is 2.65. The van der Waals surface area contributed by atoms with E-state index in [-0.39, 0.29) is 5.91 Å². The van der Waals surface area contributed by atoms with Gasteiger partial charge in [0.05, 0.1) is 17.6 Å². The Bertz CT molecular complexity index is 580. The van der Waals surface area contributed by atoms with Crippen LogP contribution in [0.15, 0.2) is 18.2 Å².